The van der Waals surface area contributed by atoms with E-state index in [4.69, 9.17) is 4.74 Å². The normalized spacial score (nSPS) is 10.9. The van der Waals surface area contributed by atoms with Crippen molar-refractivity contribution in [1.82, 2.24) is 10.3 Å². The lowest BCUT2D eigenvalue weighted by Crippen LogP contribution is -2.25. The summed E-state index contributed by atoms with van der Waals surface area (Å²) in [7, 11) is -2.44. The Hall–Kier alpha value is -2.61. The standard InChI is InChI=1S/C16H19N3O4S/c1-3-9-18-16(20)13-11-12(7-8-14(13)23-2)24(21,22)19-15-6-4-5-10-17-15/h4-8,10-11H,3,9H2,1-2H3,(H,17,19)(H,18,20). The molecule has 1 aromatic heterocycles. The molecule has 7 nitrogen and oxygen atoms in total. The summed E-state index contributed by atoms with van der Waals surface area (Å²) in [5, 5.41) is 2.71. The molecule has 0 saturated carbocycles. The number of carbonyl (C=O) groups excluding carboxylic acids is 1. The molecule has 1 aromatic carbocycles. The number of hydrogen-bond acceptors (Lipinski definition) is 5. The van der Waals surface area contributed by atoms with E-state index in [0.717, 1.165) is 6.42 Å². The van der Waals surface area contributed by atoms with Gasteiger partial charge in [0.05, 0.1) is 17.6 Å². The SMILES string of the molecule is CCCNC(=O)c1cc(S(=O)(=O)Nc2ccccn2)ccc1OC. The van der Waals surface area contributed by atoms with Crippen LogP contribution < -0.4 is 14.8 Å². The fourth-order valence-corrected chi connectivity index (χ4v) is 3.02. The minimum atomic E-state index is -3.86. The number of sulfonamides is 1. The summed E-state index contributed by atoms with van der Waals surface area (Å²) in [6.07, 6.45) is 2.25. The highest BCUT2D eigenvalue weighted by Gasteiger charge is 2.20. The highest BCUT2D eigenvalue weighted by Crippen LogP contribution is 2.23. The number of anilines is 1. The smallest absolute Gasteiger partial charge is 0.263 e. The van der Waals surface area contributed by atoms with Crippen LogP contribution in [0.2, 0.25) is 0 Å². The lowest BCUT2D eigenvalue weighted by atomic mass is 10.2. The molecule has 0 bridgehead atoms. The van der Waals surface area contributed by atoms with Crippen LogP contribution in [0.4, 0.5) is 5.82 Å². The van der Waals surface area contributed by atoms with E-state index in [9.17, 15) is 13.2 Å². The number of benzene rings is 1. The van der Waals surface area contributed by atoms with Crippen molar-refractivity contribution in [3.63, 3.8) is 0 Å². The minimum Gasteiger partial charge on any atom is -0.496 e. The van der Waals surface area contributed by atoms with Crippen LogP contribution in [0.5, 0.6) is 5.75 Å². The van der Waals surface area contributed by atoms with E-state index >= 15 is 0 Å². The van der Waals surface area contributed by atoms with Gasteiger partial charge in [0.25, 0.3) is 15.9 Å². The lowest BCUT2D eigenvalue weighted by Gasteiger charge is -2.12. The van der Waals surface area contributed by atoms with Crippen molar-refractivity contribution in [1.29, 1.82) is 0 Å². The van der Waals surface area contributed by atoms with Gasteiger partial charge >= 0.3 is 0 Å². The Balaban J connectivity index is 2.35. The number of rotatable bonds is 7. The quantitative estimate of drug-likeness (QED) is 0.797. The van der Waals surface area contributed by atoms with Gasteiger partial charge < -0.3 is 10.1 Å². The van der Waals surface area contributed by atoms with E-state index in [0.29, 0.717) is 12.3 Å². The molecule has 0 aliphatic carbocycles. The third-order valence-electron chi connectivity index (χ3n) is 3.17. The fraction of sp³-hybridized carbons (Fsp3) is 0.250. The Kier molecular flexibility index (Phi) is 5.75. The second-order valence-electron chi connectivity index (χ2n) is 4.94. The van der Waals surface area contributed by atoms with E-state index in [2.05, 4.69) is 15.0 Å². The molecule has 2 rings (SSSR count). The largest absolute Gasteiger partial charge is 0.496 e. The topological polar surface area (TPSA) is 97.4 Å². The summed E-state index contributed by atoms with van der Waals surface area (Å²) in [5.74, 6) is 0.120. The maximum atomic E-state index is 12.5. The zero-order valence-corrected chi connectivity index (χ0v) is 14.3. The van der Waals surface area contributed by atoms with Crippen LogP contribution in [-0.2, 0) is 10.0 Å². The molecule has 2 N–H and O–H groups in total. The molecule has 0 unspecified atom stereocenters. The lowest BCUT2D eigenvalue weighted by molar-refractivity contribution is 0.0950. The minimum absolute atomic E-state index is 0.0457. The number of hydrogen-bond donors (Lipinski definition) is 2. The van der Waals surface area contributed by atoms with Crippen LogP contribution in [0.25, 0.3) is 0 Å². The molecule has 1 heterocycles. The molecule has 2 aromatic rings. The summed E-state index contributed by atoms with van der Waals surface area (Å²) in [4.78, 5) is 16.1. The number of nitrogens with one attached hydrogen (secondary N) is 2. The number of amides is 1. The van der Waals surface area contributed by atoms with Gasteiger partial charge in [-0.05, 0) is 36.8 Å². The number of ether oxygens (including phenoxy) is 1. The molecule has 1 amide bonds. The third-order valence-corrected chi connectivity index (χ3v) is 4.52. The molecular formula is C16H19N3O4S. The van der Waals surface area contributed by atoms with Crippen molar-refractivity contribution in [2.75, 3.05) is 18.4 Å². The monoisotopic (exact) mass is 349 g/mol. The maximum absolute atomic E-state index is 12.5. The van der Waals surface area contributed by atoms with E-state index in [1.165, 1.54) is 37.6 Å². The van der Waals surface area contributed by atoms with Crippen LogP contribution in [0.1, 0.15) is 23.7 Å². The second-order valence-corrected chi connectivity index (χ2v) is 6.62. The molecule has 8 heteroatoms. The first kappa shape index (κ1) is 17.7. The Bertz CT molecular complexity index is 807. The average Bonchev–Trinajstić information content (AvgIpc) is 2.59. The van der Waals surface area contributed by atoms with E-state index in [1.54, 1.807) is 12.1 Å². The predicted molar refractivity (Wildman–Crippen MR) is 90.7 cm³/mol. The zero-order valence-electron chi connectivity index (χ0n) is 13.4. The van der Waals surface area contributed by atoms with Crippen LogP contribution in [0.3, 0.4) is 0 Å². The molecule has 0 aliphatic rings. The Labute approximate surface area is 141 Å². The first-order valence-electron chi connectivity index (χ1n) is 7.38. The van der Waals surface area contributed by atoms with Gasteiger partial charge in [0.2, 0.25) is 0 Å². The summed E-state index contributed by atoms with van der Waals surface area (Å²) >= 11 is 0. The average molecular weight is 349 g/mol. The number of pyridine rings is 1. The van der Waals surface area contributed by atoms with Gasteiger partial charge in [-0.3, -0.25) is 9.52 Å². The van der Waals surface area contributed by atoms with Gasteiger partial charge in [0.1, 0.15) is 11.6 Å². The molecule has 0 radical (unpaired) electrons. The van der Waals surface area contributed by atoms with Crippen molar-refractivity contribution in [2.45, 2.75) is 18.2 Å². The van der Waals surface area contributed by atoms with Crippen molar-refractivity contribution < 1.29 is 17.9 Å². The Morgan fingerprint density at radius 2 is 2.04 bits per heavy atom. The fourth-order valence-electron chi connectivity index (χ4n) is 1.99. The molecule has 128 valence electrons. The predicted octanol–water partition coefficient (Wildman–Crippen LogP) is 2.03. The van der Waals surface area contributed by atoms with Gasteiger partial charge in [-0.25, -0.2) is 13.4 Å². The first-order chi connectivity index (χ1) is 11.5. The van der Waals surface area contributed by atoms with Crippen molar-refractivity contribution in [3.8, 4) is 5.75 Å². The number of nitrogens with zero attached hydrogens (tertiary/aromatic N) is 1. The second kappa shape index (κ2) is 7.78. The Morgan fingerprint density at radius 3 is 2.67 bits per heavy atom. The van der Waals surface area contributed by atoms with Crippen LogP contribution in [-0.4, -0.2) is 33.0 Å². The van der Waals surface area contributed by atoms with Crippen molar-refractivity contribution >= 4 is 21.7 Å². The van der Waals surface area contributed by atoms with E-state index in [1.807, 2.05) is 6.92 Å². The van der Waals surface area contributed by atoms with Gasteiger partial charge in [-0.15, -0.1) is 0 Å². The number of carbonyl (C=O) groups is 1. The van der Waals surface area contributed by atoms with Gasteiger partial charge in [0, 0.05) is 12.7 Å². The van der Waals surface area contributed by atoms with Crippen LogP contribution >= 0.6 is 0 Å². The number of methoxy groups -OCH3 is 1. The van der Waals surface area contributed by atoms with Crippen LogP contribution in [0.15, 0.2) is 47.5 Å². The third kappa shape index (κ3) is 4.23. The van der Waals surface area contributed by atoms with E-state index in [-0.39, 0.29) is 22.2 Å². The van der Waals surface area contributed by atoms with E-state index < -0.39 is 10.0 Å². The molecule has 24 heavy (non-hydrogen) atoms. The van der Waals surface area contributed by atoms with Crippen LogP contribution in [0, 0.1) is 0 Å². The highest BCUT2D eigenvalue weighted by molar-refractivity contribution is 7.92. The van der Waals surface area contributed by atoms with Crippen molar-refractivity contribution in [2.24, 2.45) is 0 Å². The summed E-state index contributed by atoms with van der Waals surface area (Å²) in [5.41, 5.74) is 0.162. The van der Waals surface area contributed by atoms with Crippen molar-refractivity contribution in [3.05, 3.63) is 48.2 Å². The molecule has 0 spiro atoms. The summed E-state index contributed by atoms with van der Waals surface area (Å²) < 4.78 is 32.4. The maximum Gasteiger partial charge on any atom is 0.263 e. The summed E-state index contributed by atoms with van der Waals surface area (Å²) in [6, 6.07) is 9.00. The molecule has 0 aliphatic heterocycles. The first-order valence-corrected chi connectivity index (χ1v) is 8.86. The zero-order chi connectivity index (χ0) is 17.6. The molecular weight excluding hydrogens is 330 g/mol. The van der Waals surface area contributed by atoms with Gasteiger partial charge in [-0.1, -0.05) is 13.0 Å². The number of aromatic nitrogens is 1. The molecule has 0 fully saturated rings. The molecule has 0 atom stereocenters. The Morgan fingerprint density at radius 1 is 1.25 bits per heavy atom. The highest BCUT2D eigenvalue weighted by atomic mass is 32.2. The van der Waals surface area contributed by atoms with Gasteiger partial charge in [0.15, 0.2) is 0 Å². The van der Waals surface area contributed by atoms with Gasteiger partial charge in [-0.2, -0.15) is 0 Å². The summed E-state index contributed by atoms with van der Waals surface area (Å²) in [6.45, 7) is 2.42. The molecule has 0 saturated heterocycles.